The van der Waals surface area contributed by atoms with E-state index in [0.717, 1.165) is 16.8 Å². The van der Waals surface area contributed by atoms with E-state index in [2.05, 4.69) is 10.2 Å². The number of nitrogens with zero attached hydrogens (tertiary/aromatic N) is 2. The maximum atomic E-state index is 5.86. The number of aromatic nitrogens is 2. The summed E-state index contributed by atoms with van der Waals surface area (Å²) in [5.74, 6) is 1.02. The predicted molar refractivity (Wildman–Crippen MR) is 88.3 cm³/mol. The normalized spacial score (nSPS) is 10.3. The fraction of sp³-hybridized carbons (Fsp3) is 0.158. The summed E-state index contributed by atoms with van der Waals surface area (Å²) in [5.41, 5.74) is 2.96. The Hall–Kier alpha value is -2.88. The second-order valence-corrected chi connectivity index (χ2v) is 5.20. The molecule has 0 spiro atoms. The highest BCUT2D eigenvalue weighted by atomic mass is 16.5. The van der Waals surface area contributed by atoms with Gasteiger partial charge in [0, 0.05) is 6.07 Å². The minimum absolute atomic E-state index is 0.412. The van der Waals surface area contributed by atoms with Crippen LogP contribution in [-0.2, 0) is 13.2 Å². The Balaban J connectivity index is 1.70. The Morgan fingerprint density at radius 1 is 0.739 bits per heavy atom. The highest BCUT2D eigenvalue weighted by molar-refractivity contribution is 5.34. The summed E-state index contributed by atoms with van der Waals surface area (Å²) in [7, 11) is 0. The zero-order chi connectivity index (χ0) is 15.9. The molecule has 0 fully saturated rings. The number of benzene rings is 2. The van der Waals surface area contributed by atoms with Crippen LogP contribution in [0, 0.1) is 6.92 Å². The number of ether oxygens (including phenoxy) is 2. The summed E-state index contributed by atoms with van der Waals surface area (Å²) >= 11 is 0. The SMILES string of the molecule is Cc1cc(OCc2ccccc2)c(OCc2ccccc2)nn1. The molecule has 1 aromatic heterocycles. The largest absolute Gasteiger partial charge is 0.483 e. The van der Waals surface area contributed by atoms with E-state index < -0.39 is 0 Å². The van der Waals surface area contributed by atoms with Crippen molar-refractivity contribution in [1.82, 2.24) is 10.2 Å². The molecule has 0 bridgehead atoms. The Morgan fingerprint density at radius 2 is 1.30 bits per heavy atom. The molecule has 0 aliphatic carbocycles. The van der Waals surface area contributed by atoms with Gasteiger partial charge in [-0.3, -0.25) is 0 Å². The fourth-order valence-corrected chi connectivity index (χ4v) is 2.12. The van der Waals surface area contributed by atoms with E-state index in [-0.39, 0.29) is 0 Å². The van der Waals surface area contributed by atoms with E-state index in [0.29, 0.717) is 24.8 Å². The lowest BCUT2D eigenvalue weighted by atomic mass is 10.2. The number of hydrogen-bond acceptors (Lipinski definition) is 4. The highest BCUT2D eigenvalue weighted by Gasteiger charge is 2.09. The summed E-state index contributed by atoms with van der Waals surface area (Å²) in [6.45, 7) is 2.78. The second-order valence-electron chi connectivity index (χ2n) is 5.20. The van der Waals surface area contributed by atoms with Crippen molar-refractivity contribution in [3.8, 4) is 11.6 Å². The van der Waals surface area contributed by atoms with E-state index in [1.165, 1.54) is 0 Å². The lowest BCUT2D eigenvalue weighted by molar-refractivity contribution is 0.243. The molecule has 0 aliphatic heterocycles. The van der Waals surface area contributed by atoms with Crippen LogP contribution >= 0.6 is 0 Å². The third-order valence-electron chi connectivity index (χ3n) is 3.30. The first-order valence-corrected chi connectivity index (χ1v) is 7.49. The van der Waals surface area contributed by atoms with Gasteiger partial charge < -0.3 is 9.47 Å². The van der Waals surface area contributed by atoms with E-state index in [1.54, 1.807) is 0 Å². The highest BCUT2D eigenvalue weighted by Crippen LogP contribution is 2.26. The lowest BCUT2D eigenvalue weighted by Crippen LogP contribution is -2.04. The van der Waals surface area contributed by atoms with Crippen LogP contribution in [0.2, 0.25) is 0 Å². The molecular weight excluding hydrogens is 288 g/mol. The van der Waals surface area contributed by atoms with Crippen molar-refractivity contribution in [2.45, 2.75) is 20.1 Å². The van der Waals surface area contributed by atoms with Crippen molar-refractivity contribution in [2.75, 3.05) is 0 Å². The minimum Gasteiger partial charge on any atom is -0.483 e. The van der Waals surface area contributed by atoms with E-state index >= 15 is 0 Å². The van der Waals surface area contributed by atoms with Crippen molar-refractivity contribution in [3.05, 3.63) is 83.6 Å². The fourth-order valence-electron chi connectivity index (χ4n) is 2.12. The predicted octanol–water partition coefficient (Wildman–Crippen LogP) is 3.94. The summed E-state index contributed by atoms with van der Waals surface area (Å²) < 4.78 is 11.6. The van der Waals surface area contributed by atoms with Gasteiger partial charge in [-0.1, -0.05) is 60.7 Å². The van der Waals surface area contributed by atoms with Gasteiger partial charge in [-0.05, 0) is 18.1 Å². The van der Waals surface area contributed by atoms with Crippen molar-refractivity contribution in [2.24, 2.45) is 0 Å². The molecule has 0 saturated heterocycles. The van der Waals surface area contributed by atoms with Crippen LogP contribution in [0.5, 0.6) is 11.6 Å². The van der Waals surface area contributed by atoms with Crippen LogP contribution in [0.25, 0.3) is 0 Å². The Kier molecular flexibility index (Phi) is 4.84. The molecule has 3 rings (SSSR count). The van der Waals surface area contributed by atoms with Crippen molar-refractivity contribution in [1.29, 1.82) is 0 Å². The summed E-state index contributed by atoms with van der Waals surface area (Å²) in [6, 6.07) is 21.8. The molecule has 0 atom stereocenters. The summed E-state index contributed by atoms with van der Waals surface area (Å²) in [6.07, 6.45) is 0. The van der Waals surface area contributed by atoms with Crippen LogP contribution in [0.4, 0.5) is 0 Å². The van der Waals surface area contributed by atoms with Gasteiger partial charge in [-0.15, -0.1) is 5.10 Å². The van der Waals surface area contributed by atoms with Gasteiger partial charge in [0.05, 0.1) is 5.69 Å². The third kappa shape index (κ3) is 4.30. The van der Waals surface area contributed by atoms with E-state index in [4.69, 9.17) is 9.47 Å². The van der Waals surface area contributed by atoms with Crippen LogP contribution in [-0.4, -0.2) is 10.2 Å². The molecule has 23 heavy (non-hydrogen) atoms. The first-order valence-electron chi connectivity index (χ1n) is 7.49. The smallest absolute Gasteiger partial charge is 0.276 e. The zero-order valence-electron chi connectivity index (χ0n) is 13.0. The van der Waals surface area contributed by atoms with E-state index in [1.807, 2.05) is 73.7 Å². The Labute approximate surface area is 135 Å². The molecule has 0 unspecified atom stereocenters. The first-order chi connectivity index (χ1) is 11.3. The quantitative estimate of drug-likeness (QED) is 0.692. The van der Waals surface area contributed by atoms with Gasteiger partial charge in [0.1, 0.15) is 13.2 Å². The van der Waals surface area contributed by atoms with Crippen molar-refractivity contribution in [3.63, 3.8) is 0 Å². The minimum atomic E-state index is 0.412. The molecule has 4 nitrogen and oxygen atoms in total. The molecule has 116 valence electrons. The molecule has 0 amide bonds. The standard InChI is InChI=1S/C19H18N2O2/c1-15-12-18(22-13-16-8-4-2-5-9-16)19(21-20-15)23-14-17-10-6-3-7-11-17/h2-12H,13-14H2,1H3. The summed E-state index contributed by atoms with van der Waals surface area (Å²) in [4.78, 5) is 0. The maximum Gasteiger partial charge on any atom is 0.276 e. The monoisotopic (exact) mass is 306 g/mol. The van der Waals surface area contributed by atoms with Crippen LogP contribution < -0.4 is 9.47 Å². The Bertz CT molecular complexity index is 746. The van der Waals surface area contributed by atoms with Crippen LogP contribution in [0.3, 0.4) is 0 Å². The van der Waals surface area contributed by atoms with Gasteiger partial charge in [-0.2, -0.15) is 5.10 Å². The first kappa shape index (κ1) is 15.0. The van der Waals surface area contributed by atoms with E-state index in [9.17, 15) is 0 Å². The average molecular weight is 306 g/mol. The topological polar surface area (TPSA) is 44.2 Å². The molecule has 2 aromatic carbocycles. The molecule has 1 heterocycles. The molecule has 0 radical (unpaired) electrons. The second kappa shape index (κ2) is 7.40. The lowest BCUT2D eigenvalue weighted by Gasteiger charge is -2.12. The third-order valence-corrected chi connectivity index (χ3v) is 3.30. The molecular formula is C19H18N2O2. The van der Waals surface area contributed by atoms with Crippen LogP contribution in [0.1, 0.15) is 16.8 Å². The molecule has 0 saturated carbocycles. The molecule has 0 N–H and O–H groups in total. The molecule has 4 heteroatoms. The molecule has 0 aliphatic rings. The van der Waals surface area contributed by atoms with Gasteiger partial charge >= 0.3 is 0 Å². The molecule has 3 aromatic rings. The number of hydrogen-bond donors (Lipinski definition) is 0. The van der Waals surface area contributed by atoms with Crippen molar-refractivity contribution >= 4 is 0 Å². The van der Waals surface area contributed by atoms with Gasteiger partial charge in [0.2, 0.25) is 0 Å². The maximum absolute atomic E-state index is 5.86. The zero-order valence-corrected chi connectivity index (χ0v) is 13.0. The number of aryl methyl sites for hydroxylation is 1. The van der Waals surface area contributed by atoms with Gasteiger partial charge in [-0.25, -0.2) is 0 Å². The Morgan fingerprint density at radius 3 is 1.91 bits per heavy atom. The van der Waals surface area contributed by atoms with Crippen LogP contribution in [0.15, 0.2) is 66.7 Å². The van der Waals surface area contributed by atoms with Crippen molar-refractivity contribution < 1.29 is 9.47 Å². The number of rotatable bonds is 6. The summed E-state index contributed by atoms with van der Waals surface area (Å²) in [5, 5.41) is 8.16. The average Bonchev–Trinajstić information content (AvgIpc) is 2.61. The van der Waals surface area contributed by atoms with Gasteiger partial charge in [0.15, 0.2) is 5.75 Å². The van der Waals surface area contributed by atoms with Gasteiger partial charge in [0.25, 0.3) is 5.88 Å².